The average molecular weight is 363 g/mol. The van der Waals surface area contributed by atoms with Crippen LogP contribution in [0, 0.1) is 5.82 Å². The molecule has 25 heavy (non-hydrogen) atoms. The molecular formula is C19H20ClFN2O2. The SMILES string of the molecule is OC(CCNC12COC(c3ccncc3)(C1)C2)c1ccc(Cl)c(F)c1. The fourth-order valence-corrected chi connectivity index (χ4v) is 4.12. The van der Waals surface area contributed by atoms with Gasteiger partial charge in [-0.3, -0.25) is 4.98 Å². The second-order valence-electron chi connectivity index (χ2n) is 7.06. The summed E-state index contributed by atoms with van der Waals surface area (Å²) in [7, 11) is 0. The smallest absolute Gasteiger partial charge is 0.142 e. The minimum absolute atomic E-state index is 0.0196. The van der Waals surface area contributed by atoms with Crippen LogP contribution in [0.3, 0.4) is 0 Å². The molecule has 132 valence electrons. The van der Waals surface area contributed by atoms with Crippen LogP contribution in [0.15, 0.2) is 42.7 Å². The molecule has 2 bridgehead atoms. The minimum atomic E-state index is -0.719. The molecule has 3 heterocycles. The van der Waals surface area contributed by atoms with Crippen molar-refractivity contribution in [3.63, 3.8) is 0 Å². The number of nitrogens with one attached hydrogen (secondary N) is 1. The molecule has 2 aliphatic heterocycles. The maximum atomic E-state index is 13.5. The summed E-state index contributed by atoms with van der Waals surface area (Å²) in [6.45, 7) is 1.31. The van der Waals surface area contributed by atoms with E-state index in [1.54, 1.807) is 18.5 Å². The van der Waals surface area contributed by atoms with Crippen molar-refractivity contribution in [3.05, 3.63) is 64.7 Å². The normalized spacial score (nSPS) is 28.6. The maximum absolute atomic E-state index is 13.5. The van der Waals surface area contributed by atoms with Gasteiger partial charge in [-0.25, -0.2) is 4.39 Å². The lowest BCUT2D eigenvalue weighted by Crippen LogP contribution is -2.57. The van der Waals surface area contributed by atoms with E-state index in [4.69, 9.17) is 16.3 Å². The van der Waals surface area contributed by atoms with Crippen LogP contribution in [0.1, 0.15) is 36.5 Å². The Kier molecular flexibility index (Phi) is 4.28. The standard InChI is InChI=1S/C19H20ClFN2O2/c20-15-2-1-13(9-16(15)21)17(24)5-8-23-18-10-19(11-18,25-12-18)14-3-6-22-7-4-14/h1-4,6-7,9,17,23-24H,5,8,10-12H2. The van der Waals surface area contributed by atoms with Crippen LogP contribution >= 0.6 is 11.6 Å². The molecule has 0 amide bonds. The Morgan fingerprint density at radius 1 is 1.28 bits per heavy atom. The van der Waals surface area contributed by atoms with E-state index in [0.29, 0.717) is 25.1 Å². The first kappa shape index (κ1) is 16.9. The van der Waals surface area contributed by atoms with E-state index in [0.717, 1.165) is 12.8 Å². The molecule has 4 nitrogen and oxygen atoms in total. The molecule has 2 N–H and O–H groups in total. The zero-order chi connectivity index (χ0) is 17.5. The number of fused-ring (bicyclic) bond motifs is 1. The molecule has 1 atom stereocenters. The molecule has 1 aromatic heterocycles. The predicted molar refractivity (Wildman–Crippen MR) is 92.8 cm³/mol. The van der Waals surface area contributed by atoms with Crippen LogP contribution < -0.4 is 5.32 Å². The topological polar surface area (TPSA) is 54.4 Å². The number of aliphatic hydroxyl groups is 1. The van der Waals surface area contributed by atoms with Gasteiger partial charge in [-0.15, -0.1) is 0 Å². The first-order valence-electron chi connectivity index (χ1n) is 8.45. The van der Waals surface area contributed by atoms with E-state index in [1.807, 2.05) is 12.1 Å². The Morgan fingerprint density at radius 2 is 2.04 bits per heavy atom. The zero-order valence-corrected chi connectivity index (χ0v) is 14.5. The Bertz CT molecular complexity index is 765. The lowest BCUT2D eigenvalue weighted by Gasteiger charge is -2.45. The number of pyridine rings is 1. The molecule has 2 saturated heterocycles. The number of nitrogens with zero attached hydrogens (tertiary/aromatic N) is 1. The number of benzene rings is 1. The van der Waals surface area contributed by atoms with Gasteiger partial charge in [0.1, 0.15) is 5.82 Å². The summed E-state index contributed by atoms with van der Waals surface area (Å²) in [6, 6.07) is 8.44. The van der Waals surface area contributed by atoms with E-state index in [-0.39, 0.29) is 16.2 Å². The van der Waals surface area contributed by atoms with Crippen molar-refractivity contribution in [2.24, 2.45) is 0 Å². The molecule has 2 aromatic rings. The van der Waals surface area contributed by atoms with Crippen LogP contribution in [-0.4, -0.2) is 28.8 Å². The van der Waals surface area contributed by atoms with Gasteiger partial charge >= 0.3 is 0 Å². The molecule has 1 aromatic carbocycles. The third-order valence-corrected chi connectivity index (χ3v) is 5.63. The van der Waals surface area contributed by atoms with Crippen LogP contribution in [0.4, 0.5) is 4.39 Å². The molecule has 5 rings (SSSR count). The molecule has 0 radical (unpaired) electrons. The molecule has 1 saturated carbocycles. The minimum Gasteiger partial charge on any atom is -0.388 e. The highest BCUT2D eigenvalue weighted by molar-refractivity contribution is 6.30. The van der Waals surface area contributed by atoms with Crippen molar-refractivity contribution in [2.45, 2.75) is 36.5 Å². The number of ether oxygens (including phenoxy) is 1. The van der Waals surface area contributed by atoms with E-state index in [1.165, 1.54) is 17.7 Å². The highest BCUT2D eigenvalue weighted by Gasteiger charge is 2.62. The zero-order valence-electron chi connectivity index (χ0n) is 13.7. The Hall–Kier alpha value is -1.53. The van der Waals surface area contributed by atoms with Gasteiger partial charge in [-0.1, -0.05) is 17.7 Å². The lowest BCUT2D eigenvalue weighted by molar-refractivity contribution is -0.0113. The number of aliphatic hydroxyl groups excluding tert-OH is 1. The first-order chi connectivity index (χ1) is 12.0. The number of aromatic nitrogens is 1. The third-order valence-electron chi connectivity index (χ3n) is 5.33. The summed E-state index contributed by atoms with van der Waals surface area (Å²) in [6.07, 6.45) is 5.22. The van der Waals surface area contributed by atoms with Gasteiger partial charge in [0, 0.05) is 30.8 Å². The second kappa shape index (κ2) is 6.32. The van der Waals surface area contributed by atoms with Crippen molar-refractivity contribution in [3.8, 4) is 0 Å². The van der Waals surface area contributed by atoms with E-state index in [9.17, 15) is 9.50 Å². The summed E-state index contributed by atoms with van der Waals surface area (Å²) >= 11 is 5.68. The van der Waals surface area contributed by atoms with Gasteiger partial charge in [-0.2, -0.15) is 0 Å². The summed E-state index contributed by atoms with van der Waals surface area (Å²) in [4.78, 5) is 4.06. The molecular weight excluding hydrogens is 343 g/mol. The molecule has 3 aliphatic rings. The molecule has 1 aliphatic carbocycles. The Labute approximate surface area is 151 Å². The summed E-state index contributed by atoms with van der Waals surface area (Å²) in [5.74, 6) is -0.505. The first-order valence-corrected chi connectivity index (χ1v) is 8.82. The van der Waals surface area contributed by atoms with Gasteiger partial charge in [0.05, 0.1) is 23.3 Å². The van der Waals surface area contributed by atoms with Crippen LogP contribution in [0.2, 0.25) is 5.02 Å². The number of hydrogen-bond donors (Lipinski definition) is 2. The fraction of sp³-hybridized carbons (Fsp3) is 0.421. The van der Waals surface area contributed by atoms with Gasteiger partial charge in [0.2, 0.25) is 0 Å². The van der Waals surface area contributed by atoms with Crippen molar-refractivity contribution >= 4 is 11.6 Å². The summed E-state index contributed by atoms with van der Waals surface area (Å²) in [5.41, 5.74) is 1.51. The third kappa shape index (κ3) is 3.06. The van der Waals surface area contributed by atoms with Crippen molar-refractivity contribution in [1.82, 2.24) is 10.3 Å². The van der Waals surface area contributed by atoms with Crippen molar-refractivity contribution < 1.29 is 14.2 Å². The van der Waals surface area contributed by atoms with E-state index in [2.05, 4.69) is 10.3 Å². The van der Waals surface area contributed by atoms with E-state index < -0.39 is 11.9 Å². The molecule has 3 fully saturated rings. The van der Waals surface area contributed by atoms with Crippen LogP contribution in [0.25, 0.3) is 0 Å². The summed E-state index contributed by atoms with van der Waals surface area (Å²) < 4.78 is 19.6. The van der Waals surface area contributed by atoms with Crippen molar-refractivity contribution in [1.29, 1.82) is 0 Å². The van der Waals surface area contributed by atoms with Crippen LogP contribution in [-0.2, 0) is 10.3 Å². The number of rotatable bonds is 6. The molecule has 1 unspecified atom stereocenters. The van der Waals surface area contributed by atoms with Crippen LogP contribution in [0.5, 0.6) is 0 Å². The number of halogens is 2. The number of hydrogen-bond acceptors (Lipinski definition) is 4. The lowest BCUT2D eigenvalue weighted by atomic mass is 9.65. The average Bonchev–Trinajstić information content (AvgIpc) is 3.15. The predicted octanol–water partition coefficient (Wildman–Crippen LogP) is 3.35. The highest BCUT2D eigenvalue weighted by Crippen LogP contribution is 2.57. The second-order valence-corrected chi connectivity index (χ2v) is 7.46. The fourth-order valence-electron chi connectivity index (χ4n) is 4.00. The highest BCUT2D eigenvalue weighted by atomic mass is 35.5. The van der Waals surface area contributed by atoms with Crippen molar-refractivity contribution in [2.75, 3.05) is 13.2 Å². The van der Waals surface area contributed by atoms with Gasteiger partial charge < -0.3 is 15.2 Å². The molecule has 0 spiro atoms. The monoisotopic (exact) mass is 362 g/mol. The largest absolute Gasteiger partial charge is 0.388 e. The Balaban J connectivity index is 1.31. The van der Waals surface area contributed by atoms with Gasteiger partial charge in [0.25, 0.3) is 0 Å². The Morgan fingerprint density at radius 3 is 2.76 bits per heavy atom. The quantitative estimate of drug-likeness (QED) is 0.827. The maximum Gasteiger partial charge on any atom is 0.142 e. The van der Waals surface area contributed by atoms with E-state index >= 15 is 0 Å². The summed E-state index contributed by atoms with van der Waals surface area (Å²) in [5, 5.41) is 13.8. The molecule has 6 heteroatoms. The van der Waals surface area contributed by atoms with Gasteiger partial charge in [-0.05, 0) is 48.4 Å². The van der Waals surface area contributed by atoms with Gasteiger partial charge in [0.15, 0.2) is 0 Å².